The summed E-state index contributed by atoms with van der Waals surface area (Å²) < 4.78 is 39.9. The largest absolute Gasteiger partial charge is 0.355 e. The number of rotatable bonds is 12. The first-order valence-corrected chi connectivity index (χ1v) is 12.5. The molecule has 0 aliphatic carbocycles. The van der Waals surface area contributed by atoms with Crippen molar-refractivity contribution >= 4 is 21.8 Å². The molecule has 0 radical (unpaired) electrons. The van der Waals surface area contributed by atoms with Crippen LogP contribution in [0, 0.1) is 5.82 Å². The number of likely N-dealkylation sites (N-methyl/N-ethyl adjacent to an activating group) is 1. The standard InChI is InChI=1S/C24H32FN3O4S/c1-4-22(24(30)26-5-2)28(18-19-13-15-20(25)16-14-19)23(29)12-9-17-27(3)33(31,32)21-10-7-6-8-11-21/h6-8,10-11,13-16,22H,4-5,9,12,17-18H2,1-3H3,(H,26,30)/t22-/m0/s1. The lowest BCUT2D eigenvalue weighted by Gasteiger charge is -2.31. The van der Waals surface area contributed by atoms with Gasteiger partial charge in [-0.2, -0.15) is 0 Å². The van der Waals surface area contributed by atoms with Crippen LogP contribution in [-0.4, -0.2) is 55.6 Å². The molecule has 1 atom stereocenters. The van der Waals surface area contributed by atoms with Gasteiger partial charge in [-0.3, -0.25) is 9.59 Å². The maximum atomic E-state index is 13.3. The molecule has 0 aromatic heterocycles. The first-order valence-electron chi connectivity index (χ1n) is 11.0. The Kier molecular flexibility index (Phi) is 9.99. The van der Waals surface area contributed by atoms with Crippen LogP contribution in [-0.2, 0) is 26.2 Å². The first kappa shape index (κ1) is 26.5. The Morgan fingerprint density at radius 3 is 2.24 bits per heavy atom. The van der Waals surface area contributed by atoms with Gasteiger partial charge in [0.2, 0.25) is 21.8 Å². The summed E-state index contributed by atoms with van der Waals surface area (Å²) in [4.78, 5) is 27.4. The molecule has 0 aliphatic rings. The lowest BCUT2D eigenvalue weighted by atomic mass is 10.1. The number of nitrogens with zero attached hydrogens (tertiary/aromatic N) is 2. The Hall–Kier alpha value is -2.78. The molecule has 0 aliphatic heterocycles. The molecule has 33 heavy (non-hydrogen) atoms. The predicted octanol–water partition coefficient (Wildman–Crippen LogP) is 3.17. The van der Waals surface area contributed by atoms with E-state index in [1.54, 1.807) is 37.3 Å². The third-order valence-electron chi connectivity index (χ3n) is 5.32. The molecular formula is C24H32FN3O4S. The lowest BCUT2D eigenvalue weighted by Crippen LogP contribution is -2.49. The van der Waals surface area contributed by atoms with Crippen LogP contribution < -0.4 is 5.32 Å². The normalized spacial score (nSPS) is 12.4. The first-order chi connectivity index (χ1) is 15.7. The van der Waals surface area contributed by atoms with Crippen molar-refractivity contribution in [1.29, 1.82) is 0 Å². The summed E-state index contributed by atoms with van der Waals surface area (Å²) in [5.41, 5.74) is 0.705. The molecular weight excluding hydrogens is 445 g/mol. The Morgan fingerprint density at radius 1 is 1.03 bits per heavy atom. The fourth-order valence-corrected chi connectivity index (χ4v) is 4.72. The second-order valence-corrected chi connectivity index (χ2v) is 9.75. The van der Waals surface area contributed by atoms with Crippen LogP contribution in [0.2, 0.25) is 0 Å². The Labute approximate surface area is 195 Å². The number of carbonyl (C=O) groups excluding carboxylic acids is 2. The molecule has 7 nitrogen and oxygen atoms in total. The van der Waals surface area contributed by atoms with Gasteiger partial charge in [0.25, 0.3) is 0 Å². The van der Waals surface area contributed by atoms with Crippen LogP contribution in [0.5, 0.6) is 0 Å². The van der Waals surface area contributed by atoms with Gasteiger partial charge in [0.15, 0.2) is 0 Å². The third kappa shape index (κ3) is 7.36. The molecule has 2 aromatic rings. The van der Waals surface area contributed by atoms with Gasteiger partial charge in [-0.05, 0) is 49.6 Å². The van der Waals surface area contributed by atoms with E-state index < -0.39 is 16.1 Å². The van der Waals surface area contributed by atoms with E-state index in [2.05, 4.69) is 5.32 Å². The smallest absolute Gasteiger partial charge is 0.242 e. The summed E-state index contributed by atoms with van der Waals surface area (Å²) in [6, 6.07) is 13.2. The zero-order valence-electron chi connectivity index (χ0n) is 19.3. The van der Waals surface area contributed by atoms with Crippen molar-refractivity contribution in [2.75, 3.05) is 20.1 Å². The van der Waals surface area contributed by atoms with Crippen molar-refractivity contribution in [3.8, 4) is 0 Å². The molecule has 9 heteroatoms. The van der Waals surface area contributed by atoms with Crippen LogP contribution in [0.4, 0.5) is 4.39 Å². The van der Waals surface area contributed by atoms with E-state index >= 15 is 0 Å². The van der Waals surface area contributed by atoms with Crippen LogP contribution in [0.3, 0.4) is 0 Å². The molecule has 2 rings (SSSR count). The fourth-order valence-electron chi connectivity index (χ4n) is 3.49. The van der Waals surface area contributed by atoms with Crippen LogP contribution in [0.15, 0.2) is 59.5 Å². The molecule has 0 saturated carbocycles. The van der Waals surface area contributed by atoms with Crippen molar-refractivity contribution in [3.05, 3.63) is 66.0 Å². The minimum atomic E-state index is -3.64. The second kappa shape index (κ2) is 12.5. The van der Waals surface area contributed by atoms with Gasteiger partial charge in [-0.15, -0.1) is 0 Å². The predicted molar refractivity (Wildman–Crippen MR) is 125 cm³/mol. The molecule has 0 unspecified atom stereocenters. The average Bonchev–Trinajstić information content (AvgIpc) is 2.80. The number of amides is 2. The summed E-state index contributed by atoms with van der Waals surface area (Å²) in [7, 11) is -2.16. The van der Waals surface area contributed by atoms with E-state index in [1.807, 2.05) is 6.92 Å². The highest BCUT2D eigenvalue weighted by Crippen LogP contribution is 2.17. The van der Waals surface area contributed by atoms with Crippen LogP contribution in [0.1, 0.15) is 38.7 Å². The average molecular weight is 478 g/mol. The minimum Gasteiger partial charge on any atom is -0.355 e. The maximum absolute atomic E-state index is 13.3. The summed E-state index contributed by atoms with van der Waals surface area (Å²) in [6.45, 7) is 4.39. The molecule has 0 saturated heterocycles. The summed E-state index contributed by atoms with van der Waals surface area (Å²) >= 11 is 0. The molecule has 2 amide bonds. The lowest BCUT2D eigenvalue weighted by molar-refractivity contribution is -0.141. The maximum Gasteiger partial charge on any atom is 0.242 e. The van der Waals surface area contributed by atoms with E-state index in [4.69, 9.17) is 0 Å². The van der Waals surface area contributed by atoms with Gasteiger partial charge in [0, 0.05) is 33.1 Å². The zero-order valence-corrected chi connectivity index (χ0v) is 20.1. The van der Waals surface area contributed by atoms with E-state index in [1.165, 1.54) is 40.5 Å². The summed E-state index contributed by atoms with van der Waals surface area (Å²) in [5.74, 6) is -0.891. The molecule has 0 spiro atoms. The second-order valence-electron chi connectivity index (χ2n) is 7.71. The quantitative estimate of drug-likeness (QED) is 0.509. The molecule has 2 aromatic carbocycles. The topological polar surface area (TPSA) is 86.8 Å². The van der Waals surface area contributed by atoms with E-state index in [-0.39, 0.29) is 42.0 Å². The summed E-state index contributed by atoms with van der Waals surface area (Å²) in [5, 5.41) is 2.76. The number of benzene rings is 2. The van der Waals surface area contributed by atoms with Gasteiger partial charge in [-0.25, -0.2) is 17.1 Å². The third-order valence-corrected chi connectivity index (χ3v) is 7.19. The van der Waals surface area contributed by atoms with Gasteiger partial charge in [-0.1, -0.05) is 37.3 Å². The number of nitrogens with one attached hydrogen (secondary N) is 1. The van der Waals surface area contributed by atoms with Gasteiger partial charge in [0.1, 0.15) is 11.9 Å². The fraction of sp³-hybridized carbons (Fsp3) is 0.417. The summed E-state index contributed by atoms with van der Waals surface area (Å²) in [6.07, 6.45) is 0.792. The zero-order chi connectivity index (χ0) is 24.4. The van der Waals surface area contributed by atoms with E-state index in [0.29, 0.717) is 24.9 Å². The molecule has 1 N–H and O–H groups in total. The van der Waals surface area contributed by atoms with Crippen molar-refractivity contribution < 1.29 is 22.4 Å². The number of hydrogen-bond donors (Lipinski definition) is 1. The number of hydrogen-bond acceptors (Lipinski definition) is 4. The van der Waals surface area contributed by atoms with Gasteiger partial charge in [0.05, 0.1) is 4.90 Å². The Bertz CT molecular complexity index is 1010. The number of sulfonamides is 1. The van der Waals surface area contributed by atoms with Crippen LogP contribution in [0.25, 0.3) is 0 Å². The number of halogens is 1. The monoisotopic (exact) mass is 477 g/mol. The van der Waals surface area contributed by atoms with Crippen molar-refractivity contribution in [2.45, 2.75) is 50.6 Å². The SMILES string of the molecule is CCNC(=O)[C@H](CC)N(Cc1ccc(F)cc1)C(=O)CCCN(C)S(=O)(=O)c1ccccc1. The minimum absolute atomic E-state index is 0.0751. The molecule has 180 valence electrons. The van der Waals surface area contributed by atoms with Crippen molar-refractivity contribution in [3.63, 3.8) is 0 Å². The van der Waals surface area contributed by atoms with Gasteiger partial charge >= 0.3 is 0 Å². The molecule has 0 fully saturated rings. The van der Waals surface area contributed by atoms with E-state index in [9.17, 15) is 22.4 Å². The van der Waals surface area contributed by atoms with E-state index in [0.717, 1.165) is 0 Å². The highest BCUT2D eigenvalue weighted by atomic mass is 32.2. The van der Waals surface area contributed by atoms with Crippen molar-refractivity contribution in [1.82, 2.24) is 14.5 Å². The molecule has 0 bridgehead atoms. The number of carbonyl (C=O) groups is 2. The molecule has 0 heterocycles. The Balaban J connectivity index is 2.10. The van der Waals surface area contributed by atoms with Gasteiger partial charge < -0.3 is 10.2 Å². The highest BCUT2D eigenvalue weighted by molar-refractivity contribution is 7.89. The van der Waals surface area contributed by atoms with Crippen molar-refractivity contribution in [2.24, 2.45) is 0 Å². The highest BCUT2D eigenvalue weighted by Gasteiger charge is 2.28. The Morgan fingerprint density at radius 2 is 1.67 bits per heavy atom. The van der Waals surface area contributed by atoms with Crippen LogP contribution >= 0.6 is 0 Å².